The highest BCUT2D eigenvalue weighted by Crippen LogP contribution is 2.22. The molecule has 130 valence electrons. The molecule has 0 aliphatic heterocycles. The quantitative estimate of drug-likeness (QED) is 0.873. The first-order chi connectivity index (χ1) is 10.5. The van der Waals surface area contributed by atoms with Gasteiger partial charge in [0.15, 0.2) is 0 Å². The molecule has 5 nitrogen and oxygen atoms in total. The molecule has 1 amide bonds. The number of hydrogen-bond acceptors (Lipinski definition) is 4. The number of amides is 1. The lowest BCUT2D eigenvalue weighted by atomic mass is 9.87. The molecule has 0 saturated heterocycles. The first kappa shape index (κ1) is 19.4. The van der Waals surface area contributed by atoms with Crippen LogP contribution in [0.25, 0.3) is 0 Å². The van der Waals surface area contributed by atoms with E-state index in [4.69, 9.17) is 4.74 Å². The fourth-order valence-corrected chi connectivity index (χ4v) is 2.06. The minimum Gasteiger partial charge on any atom is -0.444 e. The summed E-state index contributed by atoms with van der Waals surface area (Å²) in [5, 5.41) is 12.2. The Balaban J connectivity index is 2.60. The van der Waals surface area contributed by atoms with Crippen LogP contribution in [-0.4, -0.2) is 34.4 Å². The van der Waals surface area contributed by atoms with Gasteiger partial charge in [0, 0.05) is 12.4 Å². The van der Waals surface area contributed by atoms with Crippen LogP contribution in [0.1, 0.15) is 59.1 Å². The number of aliphatic hydroxyl groups excluding tert-OH is 1. The fraction of sp³-hybridized carbons (Fsp3) is 0.667. The van der Waals surface area contributed by atoms with Crippen LogP contribution in [0, 0.1) is 0 Å². The van der Waals surface area contributed by atoms with Crippen LogP contribution in [0.3, 0.4) is 0 Å². The van der Waals surface area contributed by atoms with Gasteiger partial charge in [0.2, 0.25) is 0 Å². The number of nitrogens with zero attached hydrogens (tertiary/aromatic N) is 1. The molecule has 1 rings (SSSR count). The normalized spacial score (nSPS) is 13.5. The van der Waals surface area contributed by atoms with Gasteiger partial charge in [-0.05, 0) is 50.2 Å². The molecule has 0 aliphatic rings. The Hall–Kier alpha value is -1.62. The molecule has 0 radical (unpaired) electrons. The molecule has 5 heteroatoms. The van der Waals surface area contributed by atoms with E-state index >= 15 is 0 Å². The lowest BCUT2D eigenvalue weighted by Gasteiger charge is -2.23. The predicted molar refractivity (Wildman–Crippen MR) is 91.5 cm³/mol. The molecular formula is C18H30N2O3. The Morgan fingerprint density at radius 2 is 1.91 bits per heavy atom. The standard InChI is InChI=1S/C18H30N2O3/c1-17(2,3)14-9-13(10-19-11-14)7-8-15(12-21)20-16(22)23-18(4,5)6/h9-11,15,21H,7-8,12H2,1-6H3,(H,20,22)/t15-/m1/s1. The number of carbonyl (C=O) groups is 1. The van der Waals surface area contributed by atoms with Crippen molar-refractivity contribution in [2.75, 3.05) is 6.61 Å². The first-order valence-electron chi connectivity index (χ1n) is 8.06. The summed E-state index contributed by atoms with van der Waals surface area (Å²) in [7, 11) is 0. The average molecular weight is 322 g/mol. The monoisotopic (exact) mass is 322 g/mol. The Bertz CT molecular complexity index is 516. The summed E-state index contributed by atoms with van der Waals surface area (Å²) in [6, 6.07) is 1.80. The lowest BCUT2D eigenvalue weighted by molar-refractivity contribution is 0.0479. The summed E-state index contributed by atoms with van der Waals surface area (Å²) < 4.78 is 5.21. The van der Waals surface area contributed by atoms with Crippen molar-refractivity contribution in [3.63, 3.8) is 0 Å². The summed E-state index contributed by atoms with van der Waals surface area (Å²) in [5.74, 6) is 0. The molecule has 0 aliphatic carbocycles. The van der Waals surface area contributed by atoms with E-state index in [2.05, 4.69) is 37.1 Å². The zero-order chi connectivity index (χ0) is 17.7. The average Bonchev–Trinajstić information content (AvgIpc) is 2.40. The van der Waals surface area contributed by atoms with Gasteiger partial charge in [-0.2, -0.15) is 0 Å². The SMILES string of the molecule is CC(C)(C)OC(=O)N[C@@H](CO)CCc1cncc(C(C)(C)C)c1. The molecule has 0 unspecified atom stereocenters. The number of rotatable bonds is 5. The zero-order valence-corrected chi connectivity index (χ0v) is 15.1. The number of aryl methyl sites for hydroxylation is 1. The van der Waals surface area contributed by atoms with Crippen LogP contribution in [0.15, 0.2) is 18.5 Å². The number of pyridine rings is 1. The van der Waals surface area contributed by atoms with Crippen LogP contribution in [0.2, 0.25) is 0 Å². The number of carbonyl (C=O) groups excluding carboxylic acids is 1. The number of hydrogen-bond donors (Lipinski definition) is 2. The Kier molecular flexibility index (Phi) is 6.57. The first-order valence-corrected chi connectivity index (χ1v) is 8.06. The van der Waals surface area contributed by atoms with E-state index in [1.165, 1.54) is 5.56 Å². The molecule has 23 heavy (non-hydrogen) atoms. The number of alkyl carbamates (subject to hydrolysis) is 1. The maximum Gasteiger partial charge on any atom is 0.407 e. The van der Waals surface area contributed by atoms with Gasteiger partial charge in [0.1, 0.15) is 5.60 Å². The molecular weight excluding hydrogens is 292 g/mol. The number of aliphatic hydroxyl groups is 1. The lowest BCUT2D eigenvalue weighted by Crippen LogP contribution is -2.41. The molecule has 2 N–H and O–H groups in total. The van der Waals surface area contributed by atoms with Crippen molar-refractivity contribution in [1.29, 1.82) is 0 Å². The van der Waals surface area contributed by atoms with Crippen LogP contribution in [-0.2, 0) is 16.6 Å². The Labute approximate surface area is 139 Å². The van der Waals surface area contributed by atoms with Gasteiger partial charge < -0.3 is 15.2 Å². The second-order valence-electron chi connectivity index (χ2n) is 7.90. The third-order valence-electron chi connectivity index (χ3n) is 3.38. The van der Waals surface area contributed by atoms with E-state index in [9.17, 15) is 9.90 Å². The Morgan fingerprint density at radius 3 is 2.43 bits per heavy atom. The number of aromatic nitrogens is 1. The Morgan fingerprint density at radius 1 is 1.26 bits per heavy atom. The molecule has 1 heterocycles. The molecule has 1 aromatic heterocycles. The van der Waals surface area contributed by atoms with Crippen molar-refractivity contribution in [3.05, 3.63) is 29.6 Å². The van der Waals surface area contributed by atoms with Crippen LogP contribution in [0.5, 0.6) is 0 Å². The van der Waals surface area contributed by atoms with E-state index in [1.54, 1.807) is 0 Å². The van der Waals surface area contributed by atoms with E-state index in [0.29, 0.717) is 6.42 Å². The third kappa shape index (κ3) is 7.46. The maximum atomic E-state index is 11.8. The van der Waals surface area contributed by atoms with Gasteiger partial charge >= 0.3 is 6.09 Å². The molecule has 0 saturated carbocycles. The van der Waals surface area contributed by atoms with Crippen LogP contribution >= 0.6 is 0 Å². The minimum atomic E-state index is -0.547. The molecule has 0 spiro atoms. The van der Waals surface area contributed by atoms with Crippen molar-refractivity contribution in [3.8, 4) is 0 Å². The summed E-state index contributed by atoms with van der Waals surface area (Å²) in [6.07, 6.45) is 4.57. The molecule has 0 aromatic carbocycles. The molecule has 0 fully saturated rings. The summed E-state index contributed by atoms with van der Waals surface area (Å²) in [4.78, 5) is 16.1. The second kappa shape index (κ2) is 7.77. The maximum absolute atomic E-state index is 11.8. The predicted octanol–water partition coefficient (Wildman–Crippen LogP) is 3.20. The van der Waals surface area contributed by atoms with Crippen LogP contribution < -0.4 is 5.32 Å². The van der Waals surface area contributed by atoms with Crippen molar-refractivity contribution >= 4 is 6.09 Å². The summed E-state index contributed by atoms with van der Waals surface area (Å²) in [6.45, 7) is 11.8. The highest BCUT2D eigenvalue weighted by Gasteiger charge is 2.19. The minimum absolute atomic E-state index is 0.0498. The highest BCUT2D eigenvalue weighted by molar-refractivity contribution is 5.68. The van der Waals surface area contributed by atoms with Gasteiger partial charge in [-0.25, -0.2) is 4.79 Å². The largest absolute Gasteiger partial charge is 0.444 e. The smallest absolute Gasteiger partial charge is 0.407 e. The molecule has 1 aromatic rings. The van der Waals surface area contributed by atoms with Gasteiger partial charge in [-0.3, -0.25) is 4.98 Å². The van der Waals surface area contributed by atoms with E-state index in [0.717, 1.165) is 12.0 Å². The number of nitrogens with one attached hydrogen (secondary N) is 1. The van der Waals surface area contributed by atoms with E-state index in [1.807, 2.05) is 33.2 Å². The topological polar surface area (TPSA) is 71.5 Å². The summed E-state index contributed by atoms with van der Waals surface area (Å²) >= 11 is 0. The van der Waals surface area contributed by atoms with Gasteiger partial charge in [-0.15, -0.1) is 0 Å². The van der Waals surface area contributed by atoms with E-state index < -0.39 is 11.7 Å². The van der Waals surface area contributed by atoms with Crippen molar-refractivity contribution in [2.24, 2.45) is 0 Å². The van der Waals surface area contributed by atoms with Crippen molar-refractivity contribution in [1.82, 2.24) is 10.3 Å². The van der Waals surface area contributed by atoms with Crippen LogP contribution in [0.4, 0.5) is 4.79 Å². The third-order valence-corrected chi connectivity index (χ3v) is 3.38. The fourth-order valence-electron chi connectivity index (χ4n) is 2.06. The second-order valence-corrected chi connectivity index (χ2v) is 7.90. The van der Waals surface area contributed by atoms with Gasteiger partial charge in [0.25, 0.3) is 0 Å². The molecule has 1 atom stereocenters. The van der Waals surface area contributed by atoms with Gasteiger partial charge in [0.05, 0.1) is 12.6 Å². The zero-order valence-electron chi connectivity index (χ0n) is 15.1. The van der Waals surface area contributed by atoms with Crippen molar-refractivity contribution < 1.29 is 14.6 Å². The highest BCUT2D eigenvalue weighted by atomic mass is 16.6. The van der Waals surface area contributed by atoms with Crippen molar-refractivity contribution in [2.45, 2.75) is 71.4 Å². The van der Waals surface area contributed by atoms with E-state index in [-0.39, 0.29) is 18.1 Å². The summed E-state index contributed by atoms with van der Waals surface area (Å²) in [5.41, 5.74) is 1.78. The number of ether oxygens (including phenoxy) is 1. The van der Waals surface area contributed by atoms with Gasteiger partial charge in [-0.1, -0.05) is 26.8 Å². The molecule has 0 bridgehead atoms.